The predicted molar refractivity (Wildman–Crippen MR) is 78.3 cm³/mol. The van der Waals surface area contributed by atoms with Crippen molar-refractivity contribution in [3.63, 3.8) is 0 Å². The minimum Gasteiger partial charge on any atom is -0.354 e. The largest absolute Gasteiger partial charge is 0.354 e. The summed E-state index contributed by atoms with van der Waals surface area (Å²) in [6, 6.07) is 7.74. The van der Waals surface area contributed by atoms with Gasteiger partial charge in [0.15, 0.2) is 11.5 Å². The second-order valence-electron chi connectivity index (χ2n) is 4.52. The fourth-order valence-electron chi connectivity index (χ4n) is 2.24. The topological polar surface area (TPSA) is 97.2 Å². The van der Waals surface area contributed by atoms with Gasteiger partial charge in [0.25, 0.3) is 0 Å². The minimum absolute atomic E-state index is 0.531. The van der Waals surface area contributed by atoms with Gasteiger partial charge in [-0.1, -0.05) is 17.3 Å². The first-order chi connectivity index (χ1) is 10.4. The summed E-state index contributed by atoms with van der Waals surface area (Å²) in [7, 11) is 0. The smallest absolute Gasteiger partial charge is 0.226 e. The van der Waals surface area contributed by atoms with Gasteiger partial charge in [0.2, 0.25) is 5.95 Å². The van der Waals surface area contributed by atoms with Gasteiger partial charge < -0.3 is 5.32 Å². The second-order valence-corrected chi connectivity index (χ2v) is 4.52. The normalized spacial score (nSPS) is 11.3. The summed E-state index contributed by atoms with van der Waals surface area (Å²) >= 11 is 0. The number of benzene rings is 1. The Labute approximate surface area is 119 Å². The highest BCUT2D eigenvalue weighted by molar-refractivity contribution is 5.85. The summed E-state index contributed by atoms with van der Waals surface area (Å²) in [6.45, 7) is 2.72. The number of para-hydroxylation sites is 1. The van der Waals surface area contributed by atoms with Gasteiger partial charge >= 0.3 is 0 Å². The average molecular weight is 280 g/mol. The minimum atomic E-state index is 0.531. The maximum Gasteiger partial charge on any atom is 0.226 e. The van der Waals surface area contributed by atoms with E-state index in [0.717, 1.165) is 23.0 Å². The van der Waals surface area contributed by atoms with Crippen molar-refractivity contribution < 1.29 is 0 Å². The van der Waals surface area contributed by atoms with Crippen LogP contribution in [-0.4, -0.2) is 41.7 Å². The van der Waals surface area contributed by atoms with Gasteiger partial charge in [-0.2, -0.15) is 19.7 Å². The number of anilines is 1. The number of aromatic nitrogens is 7. The van der Waals surface area contributed by atoms with Crippen LogP contribution in [0.5, 0.6) is 0 Å². The average Bonchev–Trinajstić information content (AvgIpc) is 3.13. The molecule has 0 saturated carbocycles. The van der Waals surface area contributed by atoms with E-state index in [-0.39, 0.29) is 0 Å². The molecule has 8 heteroatoms. The molecule has 0 spiro atoms. The molecule has 0 radical (unpaired) electrons. The van der Waals surface area contributed by atoms with Crippen molar-refractivity contribution in [2.75, 3.05) is 11.9 Å². The number of aromatic amines is 1. The number of hydrogen-bond donors (Lipinski definition) is 2. The lowest BCUT2D eigenvalue weighted by atomic mass is 10.3. The van der Waals surface area contributed by atoms with E-state index in [1.54, 1.807) is 10.9 Å². The van der Waals surface area contributed by atoms with Gasteiger partial charge in [0, 0.05) is 6.54 Å². The molecule has 0 aliphatic rings. The molecule has 4 rings (SSSR count). The summed E-state index contributed by atoms with van der Waals surface area (Å²) in [5, 5.41) is 19.2. The number of rotatable bonds is 3. The number of nitrogens with one attached hydrogen (secondary N) is 2. The zero-order chi connectivity index (χ0) is 14.2. The first kappa shape index (κ1) is 11.8. The van der Waals surface area contributed by atoms with Crippen molar-refractivity contribution in [3.8, 4) is 5.82 Å². The van der Waals surface area contributed by atoms with E-state index in [0.29, 0.717) is 17.4 Å². The molecule has 0 amide bonds. The number of nitrogens with zero attached hydrogens (tertiary/aromatic N) is 6. The van der Waals surface area contributed by atoms with Crippen LogP contribution in [0.25, 0.3) is 27.9 Å². The van der Waals surface area contributed by atoms with Gasteiger partial charge in [-0.3, -0.25) is 5.10 Å². The Kier molecular flexibility index (Phi) is 2.53. The van der Waals surface area contributed by atoms with Crippen molar-refractivity contribution in [3.05, 3.63) is 30.5 Å². The zero-order valence-corrected chi connectivity index (χ0v) is 11.3. The van der Waals surface area contributed by atoms with E-state index in [2.05, 4.69) is 35.8 Å². The molecule has 1 aromatic carbocycles. The quantitative estimate of drug-likeness (QED) is 0.590. The van der Waals surface area contributed by atoms with E-state index in [1.807, 2.05) is 31.2 Å². The molecule has 0 atom stereocenters. The third-order valence-electron chi connectivity index (χ3n) is 3.18. The lowest BCUT2D eigenvalue weighted by Gasteiger charge is -2.06. The molecule has 0 saturated heterocycles. The molecular weight excluding hydrogens is 268 g/mol. The number of hydrogen-bond acceptors (Lipinski definition) is 6. The second kappa shape index (κ2) is 4.51. The first-order valence-corrected chi connectivity index (χ1v) is 6.62. The summed E-state index contributed by atoms with van der Waals surface area (Å²) in [4.78, 5) is 8.91. The van der Waals surface area contributed by atoms with Crippen LogP contribution >= 0.6 is 0 Å². The summed E-state index contributed by atoms with van der Waals surface area (Å²) < 4.78 is 1.70. The lowest BCUT2D eigenvalue weighted by molar-refractivity contribution is 0.805. The van der Waals surface area contributed by atoms with Crippen LogP contribution < -0.4 is 5.32 Å². The number of fused-ring (bicyclic) bond motifs is 2. The highest BCUT2D eigenvalue weighted by Crippen LogP contribution is 2.22. The van der Waals surface area contributed by atoms with Crippen LogP contribution in [0.15, 0.2) is 30.5 Å². The molecule has 2 N–H and O–H groups in total. The molecule has 0 unspecified atom stereocenters. The van der Waals surface area contributed by atoms with Crippen LogP contribution in [0.2, 0.25) is 0 Å². The standard InChI is InChI=1S/C13H12N8/c1-2-14-13-16-11-8(7-15-19-11)12(17-13)21-10-6-4-3-5-9(10)18-20-21/h3-7H,2H2,1H3,(H2,14,15,16,17,19). The first-order valence-electron chi connectivity index (χ1n) is 6.62. The molecular formula is C13H12N8. The summed E-state index contributed by atoms with van der Waals surface area (Å²) in [6.07, 6.45) is 1.69. The lowest BCUT2D eigenvalue weighted by Crippen LogP contribution is -2.07. The fourth-order valence-corrected chi connectivity index (χ4v) is 2.24. The fraction of sp³-hybridized carbons (Fsp3) is 0.154. The highest BCUT2D eigenvalue weighted by Gasteiger charge is 2.14. The zero-order valence-electron chi connectivity index (χ0n) is 11.3. The van der Waals surface area contributed by atoms with Crippen LogP contribution in [0.4, 0.5) is 5.95 Å². The summed E-state index contributed by atoms with van der Waals surface area (Å²) in [5.41, 5.74) is 2.37. The van der Waals surface area contributed by atoms with Crippen molar-refractivity contribution in [2.24, 2.45) is 0 Å². The van der Waals surface area contributed by atoms with Crippen molar-refractivity contribution >= 4 is 28.0 Å². The molecule has 3 heterocycles. The molecule has 0 bridgehead atoms. The van der Waals surface area contributed by atoms with Crippen molar-refractivity contribution in [1.29, 1.82) is 0 Å². The SMILES string of the molecule is CCNc1nc(-n2nnc3ccccc32)c2cn[nH]c2n1. The molecule has 104 valence electrons. The maximum absolute atomic E-state index is 4.53. The third kappa shape index (κ3) is 1.80. The Balaban J connectivity index is 2.02. The molecule has 8 nitrogen and oxygen atoms in total. The van der Waals surface area contributed by atoms with Gasteiger partial charge in [-0.25, -0.2) is 0 Å². The Hall–Kier alpha value is -3.03. The van der Waals surface area contributed by atoms with E-state index >= 15 is 0 Å². The van der Waals surface area contributed by atoms with E-state index in [4.69, 9.17) is 0 Å². The van der Waals surface area contributed by atoms with Crippen LogP contribution in [0.3, 0.4) is 0 Å². The third-order valence-corrected chi connectivity index (χ3v) is 3.18. The molecule has 0 aliphatic heterocycles. The number of H-pyrrole nitrogens is 1. The Morgan fingerprint density at radius 3 is 3.05 bits per heavy atom. The molecule has 21 heavy (non-hydrogen) atoms. The molecule has 0 aliphatic carbocycles. The Morgan fingerprint density at radius 2 is 2.14 bits per heavy atom. The van der Waals surface area contributed by atoms with Crippen LogP contribution in [0.1, 0.15) is 6.92 Å². The predicted octanol–water partition coefficient (Wildman–Crippen LogP) is 1.52. The summed E-state index contributed by atoms with van der Waals surface area (Å²) in [5.74, 6) is 1.18. The maximum atomic E-state index is 4.53. The monoisotopic (exact) mass is 280 g/mol. The van der Waals surface area contributed by atoms with E-state index in [9.17, 15) is 0 Å². The Bertz CT molecular complexity index is 922. The highest BCUT2D eigenvalue weighted by atomic mass is 15.4. The van der Waals surface area contributed by atoms with Gasteiger partial charge in [0.1, 0.15) is 5.52 Å². The van der Waals surface area contributed by atoms with E-state index < -0.39 is 0 Å². The van der Waals surface area contributed by atoms with Crippen molar-refractivity contribution in [1.82, 2.24) is 35.2 Å². The van der Waals surface area contributed by atoms with Crippen LogP contribution in [0, 0.1) is 0 Å². The van der Waals surface area contributed by atoms with Gasteiger partial charge in [-0.15, -0.1) is 5.10 Å². The molecule has 4 aromatic rings. The van der Waals surface area contributed by atoms with E-state index in [1.165, 1.54) is 0 Å². The van der Waals surface area contributed by atoms with Crippen LogP contribution in [-0.2, 0) is 0 Å². The Morgan fingerprint density at radius 1 is 1.24 bits per heavy atom. The van der Waals surface area contributed by atoms with Gasteiger partial charge in [-0.05, 0) is 19.1 Å². The van der Waals surface area contributed by atoms with Gasteiger partial charge in [0.05, 0.1) is 17.1 Å². The molecule has 3 aromatic heterocycles. The molecule has 0 fully saturated rings. The van der Waals surface area contributed by atoms with Crippen molar-refractivity contribution in [2.45, 2.75) is 6.92 Å².